The van der Waals surface area contributed by atoms with E-state index in [1.165, 1.54) is 9.13 Å². The molecule has 0 fully saturated rings. The zero-order valence-corrected chi connectivity index (χ0v) is 19.6. The largest absolute Gasteiger partial charge is 0.497 e. The average molecular weight is 486 g/mol. The lowest BCUT2D eigenvalue weighted by Gasteiger charge is -2.29. The fraction of sp³-hybridized carbons (Fsp3) is 0.261. The molecule has 33 heavy (non-hydrogen) atoms. The van der Waals surface area contributed by atoms with E-state index in [0.29, 0.717) is 39.3 Å². The molecule has 5 rings (SSSR count). The van der Waals surface area contributed by atoms with E-state index in [-0.39, 0.29) is 12.1 Å². The van der Waals surface area contributed by atoms with Crippen LogP contribution in [0.2, 0.25) is 10.0 Å². The number of halogens is 2. The summed E-state index contributed by atoms with van der Waals surface area (Å²) in [7, 11) is 3.25. The van der Waals surface area contributed by atoms with Crippen LogP contribution in [0.4, 0.5) is 11.6 Å². The third-order valence-corrected chi connectivity index (χ3v) is 6.65. The second kappa shape index (κ2) is 8.28. The highest BCUT2D eigenvalue weighted by Gasteiger charge is 2.27. The van der Waals surface area contributed by atoms with Crippen molar-refractivity contribution in [1.82, 2.24) is 18.7 Å². The van der Waals surface area contributed by atoms with Gasteiger partial charge in [-0.2, -0.15) is 4.98 Å². The highest BCUT2D eigenvalue weighted by Crippen LogP contribution is 2.32. The maximum atomic E-state index is 13.5. The van der Waals surface area contributed by atoms with E-state index in [2.05, 4.69) is 0 Å². The van der Waals surface area contributed by atoms with E-state index in [4.69, 9.17) is 32.9 Å². The van der Waals surface area contributed by atoms with Crippen LogP contribution in [-0.4, -0.2) is 32.3 Å². The second-order valence-electron chi connectivity index (χ2n) is 7.92. The first kappa shape index (κ1) is 21.6. The number of methoxy groups -OCH3 is 1. The van der Waals surface area contributed by atoms with Crippen LogP contribution in [0.5, 0.6) is 5.75 Å². The van der Waals surface area contributed by atoms with E-state index < -0.39 is 5.69 Å². The fourth-order valence-electron chi connectivity index (χ4n) is 4.25. The summed E-state index contributed by atoms with van der Waals surface area (Å²) < 4.78 is 9.89. The van der Waals surface area contributed by atoms with Gasteiger partial charge >= 0.3 is 5.69 Å². The Kier molecular flexibility index (Phi) is 5.42. The van der Waals surface area contributed by atoms with E-state index in [9.17, 15) is 9.59 Å². The maximum absolute atomic E-state index is 13.5. The molecular weight excluding hydrogens is 465 g/mol. The van der Waals surface area contributed by atoms with Crippen molar-refractivity contribution in [2.45, 2.75) is 19.5 Å². The zero-order chi connectivity index (χ0) is 23.3. The Morgan fingerprint density at radius 1 is 1.06 bits per heavy atom. The van der Waals surface area contributed by atoms with Crippen molar-refractivity contribution in [2.75, 3.05) is 18.6 Å². The Balaban J connectivity index is 1.67. The SMILES string of the molecule is COc1cccc(N2CCCn3c2nc2c3c(=O)n(Cc3ccc(Cl)c(Cl)c3)c(=O)n2C)c1. The summed E-state index contributed by atoms with van der Waals surface area (Å²) in [4.78, 5) is 33.4. The minimum atomic E-state index is -0.443. The lowest BCUT2D eigenvalue weighted by molar-refractivity contribution is 0.415. The van der Waals surface area contributed by atoms with Crippen molar-refractivity contribution >= 4 is 46.0 Å². The molecule has 0 N–H and O–H groups in total. The van der Waals surface area contributed by atoms with Crippen LogP contribution in [0.25, 0.3) is 11.2 Å². The molecule has 1 aliphatic heterocycles. The van der Waals surface area contributed by atoms with Gasteiger partial charge in [0.05, 0.1) is 23.7 Å². The van der Waals surface area contributed by atoms with Crippen molar-refractivity contribution in [1.29, 1.82) is 0 Å². The van der Waals surface area contributed by atoms with Crippen molar-refractivity contribution in [3.63, 3.8) is 0 Å². The summed E-state index contributed by atoms with van der Waals surface area (Å²) in [6.45, 7) is 1.45. The number of ether oxygens (including phenoxy) is 1. The van der Waals surface area contributed by atoms with E-state index in [0.717, 1.165) is 24.4 Å². The molecule has 4 aromatic rings. The van der Waals surface area contributed by atoms with Crippen LogP contribution in [0.3, 0.4) is 0 Å². The monoisotopic (exact) mass is 485 g/mol. The molecular formula is C23H21Cl2N5O3. The summed E-state index contributed by atoms with van der Waals surface area (Å²) in [5.41, 5.74) is 1.55. The molecule has 170 valence electrons. The van der Waals surface area contributed by atoms with Gasteiger partial charge in [0, 0.05) is 31.9 Å². The number of nitrogens with zero attached hydrogens (tertiary/aromatic N) is 5. The van der Waals surface area contributed by atoms with Crippen molar-refractivity contribution < 1.29 is 4.74 Å². The number of hydrogen-bond donors (Lipinski definition) is 0. The zero-order valence-electron chi connectivity index (χ0n) is 18.1. The lowest BCUT2D eigenvalue weighted by atomic mass is 10.2. The first-order valence-electron chi connectivity index (χ1n) is 10.4. The molecule has 0 saturated heterocycles. The van der Waals surface area contributed by atoms with Gasteiger partial charge in [0.1, 0.15) is 5.75 Å². The maximum Gasteiger partial charge on any atom is 0.332 e. The van der Waals surface area contributed by atoms with Gasteiger partial charge in [-0.05, 0) is 36.2 Å². The number of aryl methyl sites for hydroxylation is 2. The van der Waals surface area contributed by atoms with Gasteiger partial charge in [0.25, 0.3) is 5.56 Å². The Morgan fingerprint density at radius 2 is 1.88 bits per heavy atom. The molecule has 2 aromatic carbocycles. The summed E-state index contributed by atoms with van der Waals surface area (Å²) in [5.74, 6) is 1.36. The Morgan fingerprint density at radius 3 is 2.64 bits per heavy atom. The molecule has 10 heteroatoms. The molecule has 0 radical (unpaired) electrons. The first-order valence-corrected chi connectivity index (χ1v) is 11.2. The van der Waals surface area contributed by atoms with Gasteiger partial charge in [-0.3, -0.25) is 13.9 Å². The Labute approximate surface area is 199 Å². The van der Waals surface area contributed by atoms with Gasteiger partial charge in [-0.25, -0.2) is 4.79 Å². The van der Waals surface area contributed by atoms with Gasteiger partial charge in [0.2, 0.25) is 5.95 Å². The van der Waals surface area contributed by atoms with Gasteiger partial charge in [-0.1, -0.05) is 35.3 Å². The Bertz CT molecular complexity index is 1500. The molecule has 0 amide bonds. The van der Waals surface area contributed by atoms with Crippen LogP contribution in [0.1, 0.15) is 12.0 Å². The number of anilines is 2. The van der Waals surface area contributed by atoms with Crippen LogP contribution in [0.15, 0.2) is 52.1 Å². The molecule has 0 unspecified atom stereocenters. The molecule has 0 spiro atoms. The van der Waals surface area contributed by atoms with Crippen molar-refractivity contribution in [2.24, 2.45) is 7.05 Å². The molecule has 1 aliphatic rings. The summed E-state index contributed by atoms with van der Waals surface area (Å²) in [5, 5.41) is 0.786. The summed E-state index contributed by atoms with van der Waals surface area (Å²) >= 11 is 12.1. The second-order valence-corrected chi connectivity index (χ2v) is 8.74. The molecule has 3 heterocycles. The number of hydrogen-bond acceptors (Lipinski definition) is 5. The minimum absolute atomic E-state index is 0.0818. The number of imidazole rings is 1. The number of aromatic nitrogens is 4. The first-order chi connectivity index (χ1) is 15.9. The van der Waals surface area contributed by atoms with Crippen LogP contribution in [-0.2, 0) is 20.1 Å². The van der Waals surface area contributed by atoms with Gasteiger partial charge in [-0.15, -0.1) is 0 Å². The molecule has 0 aliphatic carbocycles. The number of rotatable bonds is 4. The lowest BCUT2D eigenvalue weighted by Crippen LogP contribution is -2.40. The normalized spacial score (nSPS) is 13.4. The molecule has 2 aromatic heterocycles. The fourth-order valence-corrected chi connectivity index (χ4v) is 4.57. The van der Waals surface area contributed by atoms with E-state index in [1.807, 2.05) is 33.7 Å². The highest BCUT2D eigenvalue weighted by molar-refractivity contribution is 6.42. The number of benzene rings is 2. The third-order valence-electron chi connectivity index (χ3n) is 5.91. The third kappa shape index (κ3) is 3.59. The molecule has 0 saturated carbocycles. The van der Waals surface area contributed by atoms with Gasteiger partial charge < -0.3 is 14.2 Å². The average Bonchev–Trinajstić information content (AvgIpc) is 3.23. The predicted octanol–water partition coefficient (Wildman–Crippen LogP) is 3.80. The summed E-state index contributed by atoms with van der Waals surface area (Å²) in [6, 6.07) is 12.8. The smallest absolute Gasteiger partial charge is 0.332 e. The summed E-state index contributed by atoms with van der Waals surface area (Å²) in [6.07, 6.45) is 0.824. The van der Waals surface area contributed by atoms with Crippen molar-refractivity contribution in [3.05, 3.63) is 78.9 Å². The standard InChI is InChI=1S/C23H21Cl2N5O3/c1-27-20-19(21(31)30(23(27)32)13-14-7-8-17(24)18(25)11-14)29-10-4-9-28(22(29)26-20)15-5-3-6-16(12-15)33-2/h3,5-8,11-12H,4,9-10,13H2,1-2H3. The quantitative estimate of drug-likeness (QED) is 0.439. The predicted molar refractivity (Wildman–Crippen MR) is 129 cm³/mol. The van der Waals surface area contributed by atoms with Crippen LogP contribution in [0, 0.1) is 0 Å². The van der Waals surface area contributed by atoms with E-state index in [1.54, 1.807) is 32.4 Å². The van der Waals surface area contributed by atoms with Crippen LogP contribution >= 0.6 is 23.2 Å². The van der Waals surface area contributed by atoms with Gasteiger partial charge in [0.15, 0.2) is 11.2 Å². The minimum Gasteiger partial charge on any atom is -0.497 e. The van der Waals surface area contributed by atoms with Crippen LogP contribution < -0.4 is 20.9 Å². The Hall–Kier alpha value is -3.23. The molecule has 8 nitrogen and oxygen atoms in total. The highest BCUT2D eigenvalue weighted by atomic mass is 35.5. The number of fused-ring (bicyclic) bond motifs is 3. The molecule has 0 bridgehead atoms. The van der Waals surface area contributed by atoms with Crippen molar-refractivity contribution in [3.8, 4) is 5.75 Å². The molecule has 0 atom stereocenters. The van der Waals surface area contributed by atoms with E-state index >= 15 is 0 Å². The topological polar surface area (TPSA) is 74.3 Å².